The van der Waals surface area contributed by atoms with Crippen molar-refractivity contribution in [1.82, 2.24) is 0 Å². The minimum atomic E-state index is -0.469. The summed E-state index contributed by atoms with van der Waals surface area (Å²) in [6.07, 6.45) is 2.11. The lowest BCUT2D eigenvalue weighted by atomic mass is 9.96. The monoisotopic (exact) mass is 286 g/mol. The number of benzene rings is 2. The molecule has 0 unspecified atom stereocenters. The van der Waals surface area contributed by atoms with E-state index in [1.807, 2.05) is 6.92 Å². The molecule has 0 amide bonds. The molecule has 0 radical (unpaired) electrons. The van der Waals surface area contributed by atoms with Gasteiger partial charge in [0.1, 0.15) is 22.8 Å². The molecule has 110 valence electrons. The quantitative estimate of drug-likeness (QED) is 0.736. The van der Waals surface area contributed by atoms with Gasteiger partial charge in [-0.05, 0) is 12.8 Å². The fourth-order valence-corrected chi connectivity index (χ4v) is 2.24. The van der Waals surface area contributed by atoms with Gasteiger partial charge in [0.05, 0.1) is 0 Å². The fourth-order valence-electron chi connectivity index (χ4n) is 2.24. The van der Waals surface area contributed by atoms with Gasteiger partial charge in [0.15, 0.2) is 0 Å². The number of ketones is 1. The molecule has 0 atom stereocenters. The van der Waals surface area contributed by atoms with Gasteiger partial charge in [-0.3, -0.25) is 4.79 Å². The molecule has 0 aromatic heterocycles. The predicted octanol–water partition coefficient (Wildman–Crippen LogP) is 3.38. The molecule has 4 heteroatoms. The average molecular weight is 286 g/mol. The Morgan fingerprint density at radius 1 is 1.05 bits per heavy atom. The minimum Gasteiger partial charge on any atom is -0.507 e. The minimum absolute atomic E-state index is 0.162. The maximum Gasteiger partial charge on any atom is 0.200 e. The number of hydrogen-bond acceptors (Lipinski definition) is 4. The third kappa shape index (κ3) is 2.99. The van der Waals surface area contributed by atoms with Crippen LogP contribution in [-0.4, -0.2) is 21.1 Å². The van der Waals surface area contributed by atoms with Gasteiger partial charge < -0.3 is 15.3 Å². The van der Waals surface area contributed by atoms with E-state index in [0.717, 1.165) is 18.9 Å². The number of phenolic OH excluding ortho intramolecular Hbond substituents is 3. The van der Waals surface area contributed by atoms with Crippen LogP contribution in [0, 0.1) is 0 Å². The zero-order valence-corrected chi connectivity index (χ0v) is 11.8. The molecule has 21 heavy (non-hydrogen) atoms. The van der Waals surface area contributed by atoms with Crippen molar-refractivity contribution in [2.24, 2.45) is 0 Å². The Hall–Kier alpha value is -2.49. The third-order valence-electron chi connectivity index (χ3n) is 3.40. The molecule has 0 saturated carbocycles. The second-order valence-electron chi connectivity index (χ2n) is 4.92. The highest BCUT2D eigenvalue weighted by Gasteiger charge is 2.23. The summed E-state index contributed by atoms with van der Waals surface area (Å²) in [7, 11) is 0. The average Bonchev–Trinajstić information content (AvgIpc) is 2.47. The van der Waals surface area contributed by atoms with Gasteiger partial charge in [0.2, 0.25) is 5.78 Å². The highest BCUT2D eigenvalue weighted by molar-refractivity contribution is 6.12. The van der Waals surface area contributed by atoms with Crippen LogP contribution < -0.4 is 0 Å². The van der Waals surface area contributed by atoms with Gasteiger partial charge in [-0.25, -0.2) is 0 Å². The Labute approximate surface area is 123 Å². The summed E-state index contributed by atoms with van der Waals surface area (Å²) in [5.41, 5.74) is 0.509. The lowest BCUT2D eigenvalue weighted by molar-refractivity contribution is 0.103. The molecule has 0 spiro atoms. The molecule has 2 rings (SSSR count). The van der Waals surface area contributed by atoms with Gasteiger partial charge in [-0.15, -0.1) is 0 Å². The van der Waals surface area contributed by atoms with Gasteiger partial charge in [-0.1, -0.05) is 43.7 Å². The summed E-state index contributed by atoms with van der Waals surface area (Å²) < 4.78 is 0. The lowest BCUT2D eigenvalue weighted by Crippen LogP contribution is -2.04. The lowest BCUT2D eigenvalue weighted by Gasteiger charge is -2.13. The van der Waals surface area contributed by atoms with Crippen LogP contribution in [0.1, 0.15) is 41.3 Å². The summed E-state index contributed by atoms with van der Waals surface area (Å²) in [6.45, 7) is 1.99. The first kappa shape index (κ1) is 14.9. The summed E-state index contributed by atoms with van der Waals surface area (Å²) in [5.74, 6) is -1.42. The van der Waals surface area contributed by atoms with E-state index in [1.54, 1.807) is 30.3 Å². The normalized spacial score (nSPS) is 10.5. The summed E-state index contributed by atoms with van der Waals surface area (Å²) >= 11 is 0. The number of unbranched alkanes of at least 4 members (excludes halogenated alkanes) is 1. The second kappa shape index (κ2) is 6.31. The molecule has 2 aromatic carbocycles. The van der Waals surface area contributed by atoms with Crippen molar-refractivity contribution in [3.05, 3.63) is 53.1 Å². The van der Waals surface area contributed by atoms with Crippen LogP contribution in [-0.2, 0) is 6.42 Å². The van der Waals surface area contributed by atoms with Crippen molar-refractivity contribution in [3.63, 3.8) is 0 Å². The van der Waals surface area contributed by atoms with Crippen LogP contribution in [0.15, 0.2) is 36.4 Å². The van der Waals surface area contributed by atoms with Crippen LogP contribution in [0.3, 0.4) is 0 Å². The first-order valence-corrected chi connectivity index (χ1v) is 6.92. The largest absolute Gasteiger partial charge is 0.507 e. The van der Waals surface area contributed by atoms with Gasteiger partial charge >= 0.3 is 0 Å². The smallest absolute Gasteiger partial charge is 0.200 e. The number of phenols is 3. The van der Waals surface area contributed by atoms with Crippen LogP contribution in [0.4, 0.5) is 0 Å². The van der Waals surface area contributed by atoms with E-state index < -0.39 is 11.5 Å². The summed E-state index contributed by atoms with van der Waals surface area (Å²) in [4.78, 5) is 12.4. The van der Waals surface area contributed by atoms with Crippen LogP contribution in [0.5, 0.6) is 17.2 Å². The van der Waals surface area contributed by atoms with Crippen LogP contribution >= 0.6 is 0 Å². The molecule has 3 N–H and O–H groups in total. The molecule has 2 aromatic rings. The van der Waals surface area contributed by atoms with Crippen molar-refractivity contribution in [2.75, 3.05) is 0 Å². The maximum atomic E-state index is 12.4. The van der Waals surface area contributed by atoms with E-state index in [0.29, 0.717) is 17.5 Å². The molecular weight excluding hydrogens is 268 g/mol. The zero-order chi connectivity index (χ0) is 15.4. The van der Waals surface area contributed by atoms with E-state index in [2.05, 4.69) is 0 Å². The number of hydrogen-bond donors (Lipinski definition) is 3. The number of carbonyl (C=O) groups is 1. The van der Waals surface area contributed by atoms with Crippen LogP contribution in [0.2, 0.25) is 0 Å². The number of carbonyl (C=O) groups excluding carboxylic acids is 1. The Kier molecular flexibility index (Phi) is 4.48. The highest BCUT2D eigenvalue weighted by atomic mass is 16.3. The molecule has 4 nitrogen and oxygen atoms in total. The molecule has 0 aliphatic heterocycles. The van der Waals surface area contributed by atoms with E-state index in [1.165, 1.54) is 0 Å². The molecule has 0 saturated heterocycles. The molecule has 0 fully saturated rings. The van der Waals surface area contributed by atoms with Crippen molar-refractivity contribution in [1.29, 1.82) is 0 Å². The Balaban J connectivity index is 2.51. The molecule has 0 aliphatic rings. The molecule has 0 aliphatic carbocycles. The Bertz CT molecular complexity index is 648. The molecular formula is C17H18O4. The Morgan fingerprint density at radius 3 is 2.33 bits per heavy atom. The second-order valence-corrected chi connectivity index (χ2v) is 4.92. The van der Waals surface area contributed by atoms with Crippen molar-refractivity contribution in [3.8, 4) is 17.2 Å². The fraction of sp³-hybridized carbons (Fsp3) is 0.235. The van der Waals surface area contributed by atoms with Gasteiger partial charge in [-0.2, -0.15) is 0 Å². The molecule has 0 bridgehead atoms. The standard InChI is InChI=1S/C17H18O4/c1-2-3-9-12-13(18)10-14(19)15(17(12)21)16(20)11-7-5-4-6-8-11/h4-8,10,18-19,21H,2-3,9H2,1H3. The van der Waals surface area contributed by atoms with Gasteiger partial charge in [0, 0.05) is 17.2 Å². The summed E-state index contributed by atoms with van der Waals surface area (Å²) in [6, 6.07) is 9.53. The van der Waals surface area contributed by atoms with Crippen molar-refractivity contribution < 1.29 is 20.1 Å². The predicted molar refractivity (Wildman–Crippen MR) is 79.9 cm³/mol. The number of aromatic hydroxyl groups is 3. The number of rotatable bonds is 5. The van der Waals surface area contributed by atoms with Crippen LogP contribution in [0.25, 0.3) is 0 Å². The first-order chi connectivity index (χ1) is 10.1. The topological polar surface area (TPSA) is 77.8 Å². The first-order valence-electron chi connectivity index (χ1n) is 6.92. The third-order valence-corrected chi connectivity index (χ3v) is 3.40. The highest BCUT2D eigenvalue weighted by Crippen LogP contribution is 2.39. The maximum absolute atomic E-state index is 12.4. The van der Waals surface area contributed by atoms with E-state index >= 15 is 0 Å². The van der Waals surface area contributed by atoms with Gasteiger partial charge in [0.25, 0.3) is 0 Å². The molecule has 0 heterocycles. The SMILES string of the molecule is CCCCc1c(O)cc(O)c(C(=O)c2ccccc2)c1O. The Morgan fingerprint density at radius 2 is 1.71 bits per heavy atom. The van der Waals surface area contributed by atoms with Crippen molar-refractivity contribution >= 4 is 5.78 Å². The zero-order valence-electron chi connectivity index (χ0n) is 11.8. The van der Waals surface area contributed by atoms with E-state index in [9.17, 15) is 20.1 Å². The van der Waals surface area contributed by atoms with E-state index in [4.69, 9.17) is 0 Å². The van der Waals surface area contributed by atoms with Crippen molar-refractivity contribution in [2.45, 2.75) is 26.2 Å². The van der Waals surface area contributed by atoms with E-state index in [-0.39, 0.29) is 17.1 Å². The summed E-state index contributed by atoms with van der Waals surface area (Å²) in [5, 5.41) is 30.0.